The minimum Gasteiger partial charge on any atom is -0.461 e. The molecular formula is C20H32O4. The minimum atomic E-state index is -0.562. The fourth-order valence-corrected chi connectivity index (χ4v) is 3.68. The van der Waals surface area contributed by atoms with Crippen LogP contribution in [0.1, 0.15) is 60.3 Å². The molecule has 0 aromatic carbocycles. The summed E-state index contributed by atoms with van der Waals surface area (Å²) < 4.78 is 17.7. The highest BCUT2D eigenvalue weighted by Crippen LogP contribution is 2.41. The number of ether oxygens (including phenoxy) is 3. The lowest BCUT2D eigenvalue weighted by Gasteiger charge is -2.31. The molecule has 0 saturated carbocycles. The molecule has 1 aliphatic heterocycles. The average molecular weight is 336 g/mol. The van der Waals surface area contributed by atoms with E-state index in [-0.39, 0.29) is 18.2 Å². The van der Waals surface area contributed by atoms with Gasteiger partial charge in [0.1, 0.15) is 12.7 Å². The molecule has 0 spiro atoms. The van der Waals surface area contributed by atoms with E-state index < -0.39 is 5.79 Å². The van der Waals surface area contributed by atoms with Crippen molar-refractivity contribution in [1.82, 2.24) is 0 Å². The van der Waals surface area contributed by atoms with Gasteiger partial charge in [-0.25, -0.2) is 0 Å². The number of hydrogen-bond donors (Lipinski definition) is 0. The molecule has 0 N–H and O–H groups in total. The first kappa shape index (κ1) is 19.2. The van der Waals surface area contributed by atoms with Crippen molar-refractivity contribution >= 4 is 5.97 Å². The molecule has 0 aromatic heterocycles. The molecule has 24 heavy (non-hydrogen) atoms. The third kappa shape index (κ3) is 4.93. The lowest BCUT2D eigenvalue weighted by molar-refractivity contribution is -0.150. The molecule has 0 aromatic rings. The van der Waals surface area contributed by atoms with E-state index in [1.165, 1.54) is 12.5 Å². The zero-order valence-corrected chi connectivity index (χ0v) is 15.8. The fraction of sp³-hybridized carbons (Fsp3) is 0.750. The molecule has 0 amide bonds. The average Bonchev–Trinajstić information content (AvgIpc) is 2.79. The number of carbonyl (C=O) groups is 1. The first-order valence-electron chi connectivity index (χ1n) is 9.04. The van der Waals surface area contributed by atoms with E-state index in [9.17, 15) is 4.79 Å². The molecule has 0 radical (unpaired) electrons. The molecule has 0 bridgehead atoms. The van der Waals surface area contributed by atoms with Crippen molar-refractivity contribution in [3.63, 3.8) is 0 Å². The van der Waals surface area contributed by atoms with Gasteiger partial charge in [0, 0.05) is 6.92 Å². The quantitative estimate of drug-likeness (QED) is 0.566. The zero-order valence-electron chi connectivity index (χ0n) is 15.8. The van der Waals surface area contributed by atoms with Crippen LogP contribution in [0.3, 0.4) is 0 Å². The topological polar surface area (TPSA) is 44.8 Å². The molecule has 136 valence electrons. The normalized spacial score (nSPS) is 32.8. The van der Waals surface area contributed by atoms with Crippen LogP contribution in [-0.2, 0) is 19.0 Å². The highest BCUT2D eigenvalue weighted by atomic mass is 16.8. The molecule has 4 nitrogen and oxygen atoms in total. The van der Waals surface area contributed by atoms with Gasteiger partial charge in [0.25, 0.3) is 0 Å². The van der Waals surface area contributed by atoms with Gasteiger partial charge in [-0.3, -0.25) is 4.79 Å². The third-order valence-corrected chi connectivity index (χ3v) is 4.97. The summed E-state index contributed by atoms with van der Waals surface area (Å²) in [6, 6.07) is 0. The summed E-state index contributed by atoms with van der Waals surface area (Å²) in [5.41, 5.74) is 2.29. The van der Waals surface area contributed by atoms with Gasteiger partial charge in [-0.1, -0.05) is 26.5 Å². The molecule has 2 aliphatic rings. The van der Waals surface area contributed by atoms with Gasteiger partial charge in [-0.2, -0.15) is 0 Å². The van der Waals surface area contributed by atoms with Crippen molar-refractivity contribution in [3.05, 3.63) is 23.8 Å². The van der Waals surface area contributed by atoms with Crippen LogP contribution in [0.4, 0.5) is 0 Å². The molecule has 1 saturated heterocycles. The predicted molar refractivity (Wildman–Crippen MR) is 94.5 cm³/mol. The van der Waals surface area contributed by atoms with Gasteiger partial charge in [0.05, 0.1) is 6.10 Å². The Bertz CT molecular complexity index is 504. The Balaban J connectivity index is 2.19. The molecule has 1 fully saturated rings. The first-order chi connectivity index (χ1) is 11.2. The Morgan fingerprint density at radius 3 is 2.71 bits per heavy atom. The van der Waals surface area contributed by atoms with Crippen molar-refractivity contribution in [2.45, 2.75) is 78.3 Å². The zero-order chi connectivity index (χ0) is 17.9. The molecule has 1 heterocycles. The number of allylic oxidation sites excluding steroid dienone is 1. The number of hydrogen-bond acceptors (Lipinski definition) is 4. The molecule has 3 atom stereocenters. The van der Waals surface area contributed by atoms with E-state index in [4.69, 9.17) is 14.2 Å². The van der Waals surface area contributed by atoms with Crippen LogP contribution in [0.25, 0.3) is 0 Å². The maximum atomic E-state index is 11.1. The van der Waals surface area contributed by atoms with Gasteiger partial charge >= 0.3 is 5.97 Å². The monoisotopic (exact) mass is 336 g/mol. The van der Waals surface area contributed by atoms with Crippen LogP contribution in [0.2, 0.25) is 0 Å². The van der Waals surface area contributed by atoms with E-state index in [0.29, 0.717) is 18.4 Å². The van der Waals surface area contributed by atoms with Crippen molar-refractivity contribution in [1.29, 1.82) is 0 Å². The van der Waals surface area contributed by atoms with E-state index >= 15 is 0 Å². The molecule has 2 rings (SSSR count). The highest BCUT2D eigenvalue weighted by Gasteiger charge is 2.46. The van der Waals surface area contributed by atoms with Crippen LogP contribution >= 0.6 is 0 Å². The van der Waals surface area contributed by atoms with E-state index in [0.717, 1.165) is 31.3 Å². The molecule has 4 heteroatoms. The largest absolute Gasteiger partial charge is 0.461 e. The van der Waals surface area contributed by atoms with Crippen molar-refractivity contribution in [2.75, 3.05) is 6.61 Å². The Morgan fingerprint density at radius 1 is 1.38 bits per heavy atom. The summed E-state index contributed by atoms with van der Waals surface area (Å²) in [6.45, 7) is 14.6. The predicted octanol–water partition coefficient (Wildman–Crippen LogP) is 4.40. The smallest absolute Gasteiger partial charge is 0.302 e. The minimum absolute atomic E-state index is 0.0316. The van der Waals surface area contributed by atoms with Crippen molar-refractivity contribution < 1.29 is 19.0 Å². The highest BCUT2D eigenvalue weighted by molar-refractivity contribution is 5.66. The second kappa shape index (κ2) is 7.83. The van der Waals surface area contributed by atoms with Crippen LogP contribution < -0.4 is 0 Å². The maximum Gasteiger partial charge on any atom is 0.302 e. The van der Waals surface area contributed by atoms with Gasteiger partial charge < -0.3 is 14.2 Å². The fourth-order valence-electron chi connectivity index (χ4n) is 3.68. The van der Waals surface area contributed by atoms with Crippen LogP contribution in [0, 0.1) is 11.8 Å². The summed E-state index contributed by atoms with van der Waals surface area (Å²) in [5, 5.41) is 0. The van der Waals surface area contributed by atoms with Crippen molar-refractivity contribution in [2.24, 2.45) is 11.8 Å². The standard InChI is InChI=1S/C20H32O4/c1-13(2)17-11-10-16(12-22-15(4)21)9-7-8-14(3)18-19(17)24-20(5,6)23-18/h9,13,17-19H,3,7-8,10-12H2,1-2,4-6H3/b16-9-/t17-,18+,19-/m0/s1. The first-order valence-corrected chi connectivity index (χ1v) is 9.04. The van der Waals surface area contributed by atoms with Gasteiger partial charge in [-0.15, -0.1) is 0 Å². The number of fused-ring (bicyclic) bond motifs is 1. The Kier molecular flexibility index (Phi) is 6.27. The maximum absolute atomic E-state index is 11.1. The van der Waals surface area contributed by atoms with E-state index in [2.05, 4.69) is 26.5 Å². The lowest BCUT2D eigenvalue weighted by Crippen LogP contribution is -2.35. The van der Waals surface area contributed by atoms with Crippen LogP contribution in [-0.4, -0.2) is 30.6 Å². The number of carbonyl (C=O) groups excluding carboxylic acids is 1. The van der Waals surface area contributed by atoms with E-state index in [1.54, 1.807) is 0 Å². The number of rotatable bonds is 3. The van der Waals surface area contributed by atoms with Crippen molar-refractivity contribution in [3.8, 4) is 0 Å². The Labute approximate surface area is 146 Å². The Hall–Kier alpha value is -1.13. The summed E-state index contributed by atoms with van der Waals surface area (Å²) in [7, 11) is 0. The SMILES string of the molecule is C=C1CC/C=C(\COC(C)=O)CC[C@@H](C(C)C)[C@@H]2OC(C)(C)O[C@H]12. The molecule has 1 aliphatic carbocycles. The lowest BCUT2D eigenvalue weighted by atomic mass is 9.80. The molecule has 0 unspecified atom stereocenters. The van der Waals surface area contributed by atoms with Gasteiger partial charge in [-0.05, 0) is 62.5 Å². The Morgan fingerprint density at radius 2 is 2.08 bits per heavy atom. The summed E-state index contributed by atoms with van der Waals surface area (Å²) in [6.07, 6.45) is 5.90. The number of esters is 1. The summed E-state index contributed by atoms with van der Waals surface area (Å²) >= 11 is 0. The van der Waals surface area contributed by atoms with Crippen LogP contribution in [0.5, 0.6) is 0 Å². The van der Waals surface area contributed by atoms with Gasteiger partial charge in [0.15, 0.2) is 5.79 Å². The third-order valence-electron chi connectivity index (χ3n) is 4.97. The summed E-state index contributed by atoms with van der Waals surface area (Å²) in [4.78, 5) is 11.1. The molecular weight excluding hydrogens is 304 g/mol. The van der Waals surface area contributed by atoms with E-state index in [1.807, 2.05) is 13.8 Å². The second-order valence-corrected chi connectivity index (χ2v) is 7.81. The second-order valence-electron chi connectivity index (χ2n) is 7.81. The van der Waals surface area contributed by atoms with Crippen LogP contribution in [0.15, 0.2) is 23.8 Å². The summed E-state index contributed by atoms with van der Waals surface area (Å²) in [5.74, 6) is 0.0738. The van der Waals surface area contributed by atoms with Gasteiger partial charge in [0.2, 0.25) is 0 Å².